The minimum absolute atomic E-state index is 0.0809. The van der Waals surface area contributed by atoms with Crippen molar-refractivity contribution in [3.05, 3.63) is 23.8 Å². The van der Waals surface area contributed by atoms with E-state index in [4.69, 9.17) is 20.3 Å². The molecule has 0 amide bonds. The Morgan fingerprint density at radius 1 is 1.39 bits per heavy atom. The second kappa shape index (κ2) is 5.90. The molecule has 0 aliphatic heterocycles. The largest absolute Gasteiger partial charge is 0.481 e. The number of carboxylic acid groups (broad SMARTS) is 1. The number of nitrogen functional groups attached to an aromatic ring is 1. The van der Waals surface area contributed by atoms with Crippen LogP contribution < -0.4 is 10.5 Å². The molecule has 0 aromatic heterocycles. The molecule has 0 aliphatic rings. The van der Waals surface area contributed by atoms with E-state index >= 15 is 0 Å². The van der Waals surface area contributed by atoms with Crippen LogP contribution in [-0.4, -0.2) is 29.8 Å². The van der Waals surface area contributed by atoms with Gasteiger partial charge in [0.1, 0.15) is 11.3 Å². The Hall–Kier alpha value is -2.24. The number of carbonyl (C=O) groups is 2. The number of nitrogens with two attached hydrogens (primary N) is 1. The molecular formula is C12H15NO5. The summed E-state index contributed by atoms with van der Waals surface area (Å²) < 4.78 is 9.97. The van der Waals surface area contributed by atoms with Crippen LogP contribution in [0.1, 0.15) is 24.2 Å². The van der Waals surface area contributed by atoms with Gasteiger partial charge in [-0.2, -0.15) is 0 Å². The van der Waals surface area contributed by atoms with Gasteiger partial charge < -0.3 is 20.3 Å². The SMILES string of the molecule is CC(C)OC(=O)COc1ccc(N)cc1C(=O)O. The van der Waals surface area contributed by atoms with Crippen molar-refractivity contribution in [2.45, 2.75) is 20.0 Å². The molecule has 0 bridgehead atoms. The van der Waals surface area contributed by atoms with Gasteiger partial charge in [-0.3, -0.25) is 0 Å². The summed E-state index contributed by atoms with van der Waals surface area (Å²) in [6.07, 6.45) is -0.244. The third-order valence-corrected chi connectivity index (χ3v) is 1.95. The molecule has 6 heteroatoms. The van der Waals surface area contributed by atoms with Crippen LogP contribution in [0.5, 0.6) is 5.75 Å². The maximum absolute atomic E-state index is 11.3. The van der Waals surface area contributed by atoms with Gasteiger partial charge >= 0.3 is 11.9 Å². The summed E-state index contributed by atoms with van der Waals surface area (Å²) in [4.78, 5) is 22.2. The Morgan fingerprint density at radius 3 is 2.61 bits per heavy atom. The molecule has 0 aliphatic carbocycles. The van der Waals surface area contributed by atoms with Gasteiger partial charge in [-0.25, -0.2) is 9.59 Å². The lowest BCUT2D eigenvalue weighted by Crippen LogP contribution is -2.19. The van der Waals surface area contributed by atoms with E-state index in [0.717, 1.165) is 0 Å². The fourth-order valence-electron chi connectivity index (χ4n) is 1.27. The maximum atomic E-state index is 11.3. The average Bonchev–Trinajstić information content (AvgIpc) is 2.26. The second-order valence-electron chi connectivity index (χ2n) is 3.89. The molecule has 18 heavy (non-hydrogen) atoms. The summed E-state index contributed by atoms with van der Waals surface area (Å²) in [5.41, 5.74) is 5.70. The van der Waals surface area contributed by atoms with Gasteiger partial charge in [0.25, 0.3) is 0 Å². The van der Waals surface area contributed by atoms with Crippen molar-refractivity contribution in [2.24, 2.45) is 0 Å². The van der Waals surface area contributed by atoms with E-state index in [0.29, 0.717) is 5.69 Å². The molecular weight excluding hydrogens is 238 g/mol. The van der Waals surface area contributed by atoms with Gasteiger partial charge in [-0.05, 0) is 32.0 Å². The first-order valence-corrected chi connectivity index (χ1v) is 5.35. The second-order valence-corrected chi connectivity index (χ2v) is 3.89. The molecule has 98 valence electrons. The van der Waals surface area contributed by atoms with Crippen LogP contribution in [0.15, 0.2) is 18.2 Å². The fraction of sp³-hybridized carbons (Fsp3) is 0.333. The number of rotatable bonds is 5. The number of aromatic carboxylic acids is 1. The van der Waals surface area contributed by atoms with Gasteiger partial charge in [-0.1, -0.05) is 0 Å². The van der Waals surface area contributed by atoms with Gasteiger partial charge in [0.2, 0.25) is 0 Å². The lowest BCUT2D eigenvalue weighted by molar-refractivity contribution is -0.149. The summed E-state index contributed by atoms with van der Waals surface area (Å²) >= 11 is 0. The van der Waals surface area contributed by atoms with Crippen LogP contribution >= 0.6 is 0 Å². The molecule has 0 atom stereocenters. The molecule has 0 radical (unpaired) electrons. The highest BCUT2D eigenvalue weighted by Gasteiger charge is 2.14. The van der Waals surface area contributed by atoms with Gasteiger partial charge in [0.05, 0.1) is 6.10 Å². The van der Waals surface area contributed by atoms with Crippen LogP contribution in [0.25, 0.3) is 0 Å². The number of carboxylic acids is 1. The minimum Gasteiger partial charge on any atom is -0.481 e. The van der Waals surface area contributed by atoms with E-state index < -0.39 is 11.9 Å². The number of anilines is 1. The summed E-state index contributed by atoms with van der Waals surface area (Å²) in [5, 5.41) is 8.95. The topological polar surface area (TPSA) is 98.9 Å². The van der Waals surface area contributed by atoms with Crippen molar-refractivity contribution in [1.29, 1.82) is 0 Å². The molecule has 0 fully saturated rings. The molecule has 1 aromatic carbocycles. The zero-order chi connectivity index (χ0) is 13.7. The van der Waals surface area contributed by atoms with Crippen LogP contribution in [0, 0.1) is 0 Å². The number of hydrogen-bond donors (Lipinski definition) is 2. The highest BCUT2D eigenvalue weighted by Crippen LogP contribution is 2.21. The van der Waals surface area contributed by atoms with Crippen molar-refractivity contribution >= 4 is 17.6 Å². The molecule has 0 unspecified atom stereocenters. The molecule has 0 spiro atoms. The maximum Gasteiger partial charge on any atom is 0.344 e. The predicted octanol–water partition coefficient (Wildman–Crippen LogP) is 1.30. The number of benzene rings is 1. The third kappa shape index (κ3) is 3.97. The molecule has 0 heterocycles. The Kier molecular flexibility index (Phi) is 4.53. The van der Waals surface area contributed by atoms with Crippen molar-refractivity contribution < 1.29 is 24.2 Å². The van der Waals surface area contributed by atoms with E-state index in [1.54, 1.807) is 13.8 Å². The Labute approximate surface area is 104 Å². The van der Waals surface area contributed by atoms with Gasteiger partial charge in [0.15, 0.2) is 6.61 Å². The molecule has 0 saturated heterocycles. The minimum atomic E-state index is -1.17. The molecule has 0 saturated carbocycles. The molecule has 6 nitrogen and oxygen atoms in total. The number of esters is 1. The van der Waals surface area contributed by atoms with E-state index in [9.17, 15) is 9.59 Å². The fourth-order valence-corrected chi connectivity index (χ4v) is 1.27. The first-order chi connectivity index (χ1) is 8.40. The van der Waals surface area contributed by atoms with E-state index in [-0.39, 0.29) is 24.0 Å². The van der Waals surface area contributed by atoms with Gasteiger partial charge in [0, 0.05) is 5.69 Å². The Morgan fingerprint density at radius 2 is 2.06 bits per heavy atom. The highest BCUT2D eigenvalue weighted by atomic mass is 16.6. The van der Waals surface area contributed by atoms with E-state index in [1.807, 2.05) is 0 Å². The zero-order valence-corrected chi connectivity index (χ0v) is 10.2. The third-order valence-electron chi connectivity index (χ3n) is 1.95. The Bertz CT molecular complexity index is 456. The molecule has 3 N–H and O–H groups in total. The average molecular weight is 253 g/mol. The number of hydrogen-bond acceptors (Lipinski definition) is 5. The summed E-state index contributed by atoms with van der Waals surface area (Å²) in [5.74, 6) is -1.65. The zero-order valence-electron chi connectivity index (χ0n) is 10.2. The predicted molar refractivity (Wildman–Crippen MR) is 64.5 cm³/mol. The normalized spacial score (nSPS) is 10.2. The van der Waals surface area contributed by atoms with Crippen LogP contribution in [0.3, 0.4) is 0 Å². The van der Waals surface area contributed by atoms with E-state index in [1.165, 1.54) is 18.2 Å². The Balaban J connectivity index is 2.73. The van der Waals surface area contributed by atoms with Crippen molar-refractivity contribution in [3.63, 3.8) is 0 Å². The van der Waals surface area contributed by atoms with Crippen LogP contribution in [-0.2, 0) is 9.53 Å². The standard InChI is InChI=1S/C12H15NO5/c1-7(2)18-11(14)6-17-10-4-3-8(13)5-9(10)12(15)16/h3-5,7H,6,13H2,1-2H3,(H,15,16). The molecule has 1 aromatic rings. The monoisotopic (exact) mass is 253 g/mol. The van der Waals surface area contributed by atoms with E-state index in [2.05, 4.69) is 0 Å². The van der Waals surface area contributed by atoms with Crippen molar-refractivity contribution in [3.8, 4) is 5.75 Å². The highest BCUT2D eigenvalue weighted by molar-refractivity contribution is 5.92. The van der Waals surface area contributed by atoms with Crippen LogP contribution in [0.4, 0.5) is 5.69 Å². The van der Waals surface area contributed by atoms with Gasteiger partial charge in [-0.15, -0.1) is 0 Å². The molecule has 1 rings (SSSR count). The lowest BCUT2D eigenvalue weighted by atomic mass is 10.2. The summed E-state index contributed by atoms with van der Waals surface area (Å²) in [7, 11) is 0. The van der Waals surface area contributed by atoms with Crippen molar-refractivity contribution in [1.82, 2.24) is 0 Å². The number of ether oxygens (including phenoxy) is 2. The number of carbonyl (C=O) groups excluding carboxylic acids is 1. The first-order valence-electron chi connectivity index (χ1n) is 5.35. The first kappa shape index (κ1) is 13.8. The smallest absolute Gasteiger partial charge is 0.344 e. The quantitative estimate of drug-likeness (QED) is 0.606. The lowest BCUT2D eigenvalue weighted by Gasteiger charge is -2.11. The van der Waals surface area contributed by atoms with Crippen molar-refractivity contribution in [2.75, 3.05) is 12.3 Å². The summed E-state index contributed by atoms with van der Waals surface area (Å²) in [6, 6.07) is 4.17. The van der Waals surface area contributed by atoms with Crippen LogP contribution in [0.2, 0.25) is 0 Å². The summed E-state index contributed by atoms with van der Waals surface area (Å²) in [6.45, 7) is 3.08.